The molecule has 1 heterocycles. The van der Waals surface area contributed by atoms with Gasteiger partial charge in [-0.1, -0.05) is 41.9 Å². The molecule has 0 spiro atoms. The van der Waals surface area contributed by atoms with Crippen molar-refractivity contribution >= 4 is 46.8 Å². The molecule has 3 aromatic carbocycles. The lowest BCUT2D eigenvalue weighted by Gasteiger charge is -2.21. The highest BCUT2D eigenvalue weighted by molar-refractivity contribution is 6.30. The molecule has 0 saturated carbocycles. The van der Waals surface area contributed by atoms with Crippen molar-refractivity contribution in [1.29, 1.82) is 0 Å². The molecular formula is C28H26ClN3O5. The predicted molar refractivity (Wildman–Crippen MR) is 141 cm³/mol. The zero-order valence-corrected chi connectivity index (χ0v) is 21.0. The van der Waals surface area contributed by atoms with Gasteiger partial charge < -0.3 is 15.0 Å². The molecule has 1 saturated heterocycles. The molecule has 1 N–H and O–H groups in total. The molecule has 0 bridgehead atoms. The molecule has 1 aliphatic heterocycles. The van der Waals surface area contributed by atoms with Crippen LogP contribution in [0.15, 0.2) is 78.9 Å². The van der Waals surface area contributed by atoms with Crippen molar-refractivity contribution in [2.45, 2.75) is 25.8 Å². The Labute approximate surface area is 219 Å². The fourth-order valence-corrected chi connectivity index (χ4v) is 4.23. The molecule has 4 amide bonds. The molecule has 190 valence electrons. The van der Waals surface area contributed by atoms with E-state index in [9.17, 15) is 19.2 Å². The second-order valence-electron chi connectivity index (χ2n) is 8.43. The Balaban J connectivity index is 1.50. The van der Waals surface area contributed by atoms with E-state index in [0.717, 1.165) is 10.5 Å². The summed E-state index contributed by atoms with van der Waals surface area (Å²) in [6.07, 6.45) is 0.310. The van der Waals surface area contributed by atoms with Crippen LogP contribution in [0.1, 0.15) is 29.3 Å². The number of amides is 4. The lowest BCUT2D eigenvalue weighted by Crippen LogP contribution is -2.39. The molecule has 9 heteroatoms. The second-order valence-corrected chi connectivity index (χ2v) is 8.86. The van der Waals surface area contributed by atoms with Crippen LogP contribution in [0.5, 0.6) is 0 Å². The maximum atomic E-state index is 13.4. The average Bonchev–Trinajstić information content (AvgIpc) is 3.12. The fraction of sp³-hybridized carbons (Fsp3) is 0.214. The van der Waals surface area contributed by atoms with Crippen molar-refractivity contribution in [2.75, 3.05) is 23.4 Å². The topological polar surface area (TPSA) is 96.0 Å². The molecule has 1 fully saturated rings. The summed E-state index contributed by atoms with van der Waals surface area (Å²) < 4.78 is 4.97. The number of halogens is 1. The second kappa shape index (κ2) is 11.7. The minimum absolute atomic E-state index is 0.219. The van der Waals surface area contributed by atoms with Crippen molar-refractivity contribution in [3.05, 3.63) is 95.0 Å². The first-order valence-corrected chi connectivity index (χ1v) is 12.3. The first-order chi connectivity index (χ1) is 17.9. The molecule has 1 unspecified atom stereocenters. The minimum atomic E-state index is -0.967. The van der Waals surface area contributed by atoms with Gasteiger partial charge in [-0.25, -0.2) is 14.5 Å². The number of carbonyl (C=O) groups is 4. The highest BCUT2D eigenvalue weighted by Gasteiger charge is 2.46. The third-order valence-electron chi connectivity index (χ3n) is 5.95. The normalized spacial score (nSPS) is 15.1. The number of urea groups is 1. The number of hydrogen-bond donors (Lipinski definition) is 1. The van der Waals surface area contributed by atoms with Gasteiger partial charge in [0.15, 0.2) is 0 Å². The summed E-state index contributed by atoms with van der Waals surface area (Å²) in [7, 11) is 0. The van der Waals surface area contributed by atoms with E-state index in [0.29, 0.717) is 28.4 Å². The van der Waals surface area contributed by atoms with E-state index in [1.807, 2.05) is 30.3 Å². The Bertz CT molecular complexity index is 1280. The van der Waals surface area contributed by atoms with E-state index in [1.165, 1.54) is 4.90 Å². The van der Waals surface area contributed by atoms with E-state index >= 15 is 0 Å². The highest BCUT2D eigenvalue weighted by atomic mass is 35.5. The number of carbonyl (C=O) groups excluding carboxylic acids is 4. The standard InChI is InChI=1S/C28H26ClN3O5/c1-2-37-27(35)20-8-12-22(13-9-20)30-25(33)18-24-26(34)32(23-14-10-21(29)11-15-23)28(36)31(24)17-16-19-6-4-3-5-7-19/h3-15,24H,2,16-18H2,1H3,(H,30,33). The summed E-state index contributed by atoms with van der Waals surface area (Å²) in [5.41, 5.74) is 2.22. The van der Waals surface area contributed by atoms with Gasteiger partial charge in [0, 0.05) is 17.3 Å². The molecule has 1 atom stereocenters. The molecule has 8 nitrogen and oxygen atoms in total. The van der Waals surface area contributed by atoms with Crippen molar-refractivity contribution < 1.29 is 23.9 Å². The van der Waals surface area contributed by atoms with Gasteiger partial charge in [0.25, 0.3) is 5.91 Å². The summed E-state index contributed by atoms with van der Waals surface area (Å²) in [6.45, 7) is 2.25. The van der Waals surface area contributed by atoms with E-state index in [2.05, 4.69) is 5.32 Å². The van der Waals surface area contributed by atoms with E-state index in [4.69, 9.17) is 16.3 Å². The number of imide groups is 1. The number of ether oxygens (including phenoxy) is 1. The van der Waals surface area contributed by atoms with Crippen molar-refractivity contribution in [3.63, 3.8) is 0 Å². The third kappa shape index (κ3) is 6.16. The first kappa shape index (κ1) is 25.9. The largest absolute Gasteiger partial charge is 0.462 e. The van der Waals surface area contributed by atoms with Gasteiger partial charge in [-0.2, -0.15) is 0 Å². The fourth-order valence-electron chi connectivity index (χ4n) is 4.10. The quantitative estimate of drug-likeness (QED) is 0.319. The SMILES string of the molecule is CCOC(=O)c1ccc(NC(=O)CC2C(=O)N(c3ccc(Cl)cc3)C(=O)N2CCc2ccccc2)cc1. The Morgan fingerprint density at radius 2 is 1.62 bits per heavy atom. The van der Waals surface area contributed by atoms with Crippen LogP contribution in [-0.2, 0) is 20.7 Å². The summed E-state index contributed by atoms with van der Waals surface area (Å²) in [4.78, 5) is 54.0. The average molecular weight is 520 g/mol. The maximum Gasteiger partial charge on any atom is 0.338 e. The number of rotatable bonds is 9. The number of nitrogens with zero attached hydrogens (tertiary/aromatic N) is 2. The van der Waals surface area contributed by atoms with Gasteiger partial charge in [-0.05, 0) is 67.4 Å². The van der Waals surface area contributed by atoms with Crippen LogP contribution in [0.3, 0.4) is 0 Å². The zero-order valence-electron chi connectivity index (χ0n) is 20.2. The monoisotopic (exact) mass is 519 g/mol. The summed E-state index contributed by atoms with van der Waals surface area (Å²) in [5.74, 6) is -1.36. The molecule has 37 heavy (non-hydrogen) atoms. The summed E-state index contributed by atoms with van der Waals surface area (Å²) in [5, 5.41) is 3.22. The van der Waals surface area contributed by atoms with Gasteiger partial charge in [0.2, 0.25) is 5.91 Å². The maximum absolute atomic E-state index is 13.4. The molecule has 0 radical (unpaired) electrons. The lowest BCUT2D eigenvalue weighted by molar-refractivity contribution is -0.124. The zero-order chi connectivity index (χ0) is 26.4. The van der Waals surface area contributed by atoms with Crippen LogP contribution in [-0.4, -0.2) is 47.9 Å². The number of hydrogen-bond acceptors (Lipinski definition) is 5. The van der Waals surface area contributed by atoms with Crippen LogP contribution in [0.25, 0.3) is 0 Å². The lowest BCUT2D eigenvalue weighted by atomic mass is 10.1. The van der Waals surface area contributed by atoms with E-state index in [-0.39, 0.29) is 19.6 Å². The van der Waals surface area contributed by atoms with Crippen LogP contribution < -0.4 is 10.2 Å². The Hall–Kier alpha value is -4.17. The van der Waals surface area contributed by atoms with Crippen molar-refractivity contribution in [3.8, 4) is 0 Å². The van der Waals surface area contributed by atoms with Crippen molar-refractivity contribution in [1.82, 2.24) is 4.90 Å². The van der Waals surface area contributed by atoms with Gasteiger partial charge >= 0.3 is 12.0 Å². The third-order valence-corrected chi connectivity index (χ3v) is 6.20. The molecule has 0 aromatic heterocycles. The van der Waals surface area contributed by atoms with E-state index in [1.54, 1.807) is 55.5 Å². The summed E-state index contributed by atoms with van der Waals surface area (Å²) in [6, 6.07) is 20.8. The van der Waals surface area contributed by atoms with Crippen LogP contribution in [0, 0.1) is 0 Å². The molecule has 1 aliphatic rings. The van der Waals surface area contributed by atoms with Crippen molar-refractivity contribution in [2.24, 2.45) is 0 Å². The van der Waals surface area contributed by atoms with Gasteiger partial charge in [-0.3, -0.25) is 9.59 Å². The van der Waals surface area contributed by atoms with Gasteiger partial charge in [0.1, 0.15) is 6.04 Å². The van der Waals surface area contributed by atoms with Crippen LogP contribution in [0.4, 0.5) is 16.2 Å². The van der Waals surface area contributed by atoms with Crippen LogP contribution >= 0.6 is 11.6 Å². The Kier molecular flexibility index (Phi) is 8.20. The molecular weight excluding hydrogens is 494 g/mol. The molecule has 4 rings (SSSR count). The first-order valence-electron chi connectivity index (χ1n) is 11.9. The Morgan fingerprint density at radius 3 is 2.27 bits per heavy atom. The number of nitrogens with one attached hydrogen (secondary N) is 1. The summed E-state index contributed by atoms with van der Waals surface area (Å²) >= 11 is 5.98. The number of anilines is 2. The Morgan fingerprint density at radius 1 is 0.946 bits per heavy atom. The molecule has 0 aliphatic carbocycles. The minimum Gasteiger partial charge on any atom is -0.462 e. The van der Waals surface area contributed by atoms with E-state index < -0.39 is 29.9 Å². The number of esters is 1. The van der Waals surface area contributed by atoms with Gasteiger partial charge in [-0.15, -0.1) is 0 Å². The predicted octanol–water partition coefficient (Wildman–Crippen LogP) is 4.93. The van der Waals surface area contributed by atoms with Crippen LogP contribution in [0.2, 0.25) is 5.02 Å². The number of benzene rings is 3. The highest BCUT2D eigenvalue weighted by Crippen LogP contribution is 2.28. The smallest absolute Gasteiger partial charge is 0.338 e. The molecule has 3 aromatic rings. The van der Waals surface area contributed by atoms with Gasteiger partial charge in [0.05, 0.1) is 24.3 Å².